The second kappa shape index (κ2) is 4.88. The second-order valence-corrected chi connectivity index (χ2v) is 4.63. The highest BCUT2D eigenvalue weighted by Gasteiger charge is 2.13. The third-order valence-corrected chi connectivity index (χ3v) is 3.06. The van der Waals surface area contributed by atoms with Crippen molar-refractivity contribution < 1.29 is 4.39 Å². The van der Waals surface area contributed by atoms with E-state index in [2.05, 4.69) is 23.7 Å². The molecular formula is C14H19FN2. The first-order chi connectivity index (χ1) is 8.15. The average Bonchev–Trinajstić information content (AvgIpc) is 2.66. The van der Waals surface area contributed by atoms with Crippen molar-refractivity contribution in [3.63, 3.8) is 0 Å². The molecular weight excluding hydrogens is 215 g/mol. The van der Waals surface area contributed by atoms with Crippen molar-refractivity contribution >= 4 is 10.9 Å². The molecule has 0 spiro atoms. The number of halogens is 1. The lowest BCUT2D eigenvalue weighted by Gasteiger charge is -2.14. The number of likely N-dealkylation sites (N-methyl/N-ethyl adjacent to an activating group) is 1. The molecule has 3 heteroatoms. The van der Waals surface area contributed by atoms with Crippen LogP contribution in [0.5, 0.6) is 0 Å². The maximum atomic E-state index is 13.7. The van der Waals surface area contributed by atoms with Gasteiger partial charge in [0, 0.05) is 30.1 Å². The number of rotatable bonds is 4. The van der Waals surface area contributed by atoms with Gasteiger partial charge in [0.05, 0.1) is 5.52 Å². The summed E-state index contributed by atoms with van der Waals surface area (Å²) < 4.78 is 16.0. The zero-order chi connectivity index (χ0) is 12.4. The Labute approximate surface area is 101 Å². The van der Waals surface area contributed by atoms with E-state index in [1.165, 1.54) is 11.8 Å². The van der Waals surface area contributed by atoms with E-state index >= 15 is 0 Å². The molecule has 2 aromatic rings. The Morgan fingerprint density at radius 2 is 2.12 bits per heavy atom. The number of nitrogens with zero attached hydrogens (tertiary/aromatic N) is 1. The largest absolute Gasteiger partial charge is 0.342 e. The van der Waals surface area contributed by atoms with E-state index in [1.54, 1.807) is 6.07 Å². The van der Waals surface area contributed by atoms with Crippen LogP contribution in [0.2, 0.25) is 0 Å². The fourth-order valence-corrected chi connectivity index (χ4v) is 2.32. The van der Waals surface area contributed by atoms with Gasteiger partial charge in [-0.1, -0.05) is 6.07 Å². The van der Waals surface area contributed by atoms with Crippen LogP contribution in [0.1, 0.15) is 25.6 Å². The number of hydrogen-bond donors (Lipinski definition) is 1. The third kappa shape index (κ3) is 2.20. The van der Waals surface area contributed by atoms with Crippen LogP contribution in [0, 0.1) is 5.82 Å². The van der Waals surface area contributed by atoms with E-state index < -0.39 is 0 Å². The first-order valence-corrected chi connectivity index (χ1v) is 6.08. The molecule has 0 bridgehead atoms. The van der Waals surface area contributed by atoms with Gasteiger partial charge in [0.2, 0.25) is 0 Å². The molecule has 2 nitrogen and oxygen atoms in total. The Morgan fingerprint density at radius 3 is 2.76 bits per heavy atom. The Bertz CT molecular complexity index is 514. The molecule has 17 heavy (non-hydrogen) atoms. The number of nitrogens with one attached hydrogen (secondary N) is 1. The zero-order valence-electron chi connectivity index (χ0n) is 10.6. The standard InChI is InChI=1S/C14H19FN2/c1-10(2)17-11(7-8-16-3)9-12-13(15)5-4-6-14(12)17/h4-6,9-10,16H,7-8H2,1-3H3. The number of fused-ring (bicyclic) bond motifs is 1. The molecule has 1 heterocycles. The molecule has 0 aliphatic heterocycles. The maximum absolute atomic E-state index is 13.7. The summed E-state index contributed by atoms with van der Waals surface area (Å²) in [5.74, 6) is -0.132. The Balaban J connectivity index is 2.58. The van der Waals surface area contributed by atoms with Crippen molar-refractivity contribution in [3.8, 4) is 0 Å². The summed E-state index contributed by atoms with van der Waals surface area (Å²) in [6.45, 7) is 5.17. The van der Waals surface area contributed by atoms with Gasteiger partial charge < -0.3 is 9.88 Å². The van der Waals surface area contributed by atoms with Gasteiger partial charge >= 0.3 is 0 Å². The van der Waals surface area contributed by atoms with E-state index in [9.17, 15) is 4.39 Å². The van der Waals surface area contributed by atoms with Crippen LogP contribution in [0.3, 0.4) is 0 Å². The first-order valence-electron chi connectivity index (χ1n) is 6.08. The van der Waals surface area contributed by atoms with Gasteiger partial charge in [-0.15, -0.1) is 0 Å². The average molecular weight is 234 g/mol. The van der Waals surface area contributed by atoms with Crippen molar-refractivity contribution in [1.29, 1.82) is 0 Å². The molecule has 1 aromatic heterocycles. The van der Waals surface area contributed by atoms with Crippen molar-refractivity contribution in [3.05, 3.63) is 35.8 Å². The van der Waals surface area contributed by atoms with Gasteiger partial charge in [-0.3, -0.25) is 0 Å². The summed E-state index contributed by atoms with van der Waals surface area (Å²) in [6.07, 6.45) is 0.919. The van der Waals surface area contributed by atoms with Gasteiger partial charge in [0.25, 0.3) is 0 Å². The quantitative estimate of drug-likeness (QED) is 0.860. The highest BCUT2D eigenvalue weighted by atomic mass is 19.1. The summed E-state index contributed by atoms with van der Waals surface area (Å²) in [6, 6.07) is 7.61. The van der Waals surface area contributed by atoms with Crippen molar-refractivity contribution in [2.24, 2.45) is 0 Å². The van der Waals surface area contributed by atoms with Gasteiger partial charge in [-0.05, 0) is 39.1 Å². The maximum Gasteiger partial charge on any atom is 0.132 e. The summed E-state index contributed by atoms with van der Waals surface area (Å²) >= 11 is 0. The van der Waals surface area contributed by atoms with E-state index in [0.717, 1.165) is 23.9 Å². The third-order valence-electron chi connectivity index (χ3n) is 3.06. The lowest BCUT2D eigenvalue weighted by Crippen LogP contribution is -2.14. The van der Waals surface area contributed by atoms with Crippen LogP contribution in [0.25, 0.3) is 10.9 Å². The van der Waals surface area contributed by atoms with Crippen molar-refractivity contribution in [2.75, 3.05) is 13.6 Å². The monoisotopic (exact) mass is 234 g/mol. The molecule has 0 unspecified atom stereocenters. The Morgan fingerprint density at radius 1 is 1.35 bits per heavy atom. The summed E-state index contributed by atoms with van der Waals surface area (Å²) in [7, 11) is 1.93. The minimum absolute atomic E-state index is 0.132. The molecule has 0 saturated carbocycles. The molecule has 1 aromatic carbocycles. The highest BCUT2D eigenvalue weighted by Crippen LogP contribution is 2.26. The molecule has 92 valence electrons. The minimum atomic E-state index is -0.132. The van der Waals surface area contributed by atoms with E-state index in [4.69, 9.17) is 0 Å². The van der Waals surface area contributed by atoms with Gasteiger partial charge in [0.15, 0.2) is 0 Å². The van der Waals surface area contributed by atoms with E-state index in [0.29, 0.717) is 6.04 Å². The second-order valence-electron chi connectivity index (χ2n) is 4.63. The Hall–Kier alpha value is -1.35. The van der Waals surface area contributed by atoms with Crippen LogP contribution in [-0.4, -0.2) is 18.2 Å². The van der Waals surface area contributed by atoms with Crippen LogP contribution < -0.4 is 5.32 Å². The lowest BCUT2D eigenvalue weighted by atomic mass is 10.2. The molecule has 0 aliphatic rings. The molecule has 0 atom stereocenters. The van der Waals surface area contributed by atoms with Crippen LogP contribution in [0.4, 0.5) is 4.39 Å². The SMILES string of the molecule is CNCCc1cc2c(F)cccc2n1C(C)C. The molecule has 0 aliphatic carbocycles. The van der Waals surface area contributed by atoms with Crippen molar-refractivity contribution in [1.82, 2.24) is 9.88 Å². The number of hydrogen-bond acceptors (Lipinski definition) is 1. The van der Waals surface area contributed by atoms with Gasteiger partial charge in [-0.2, -0.15) is 0 Å². The van der Waals surface area contributed by atoms with Gasteiger partial charge in [0.1, 0.15) is 5.82 Å². The fraction of sp³-hybridized carbons (Fsp3) is 0.429. The minimum Gasteiger partial charge on any atom is -0.342 e. The predicted octanol–water partition coefficient (Wildman–Crippen LogP) is 3.12. The van der Waals surface area contributed by atoms with Crippen LogP contribution >= 0.6 is 0 Å². The smallest absolute Gasteiger partial charge is 0.132 e. The van der Waals surface area contributed by atoms with E-state index in [1.807, 2.05) is 19.2 Å². The van der Waals surface area contributed by atoms with Crippen LogP contribution in [-0.2, 0) is 6.42 Å². The molecule has 0 radical (unpaired) electrons. The zero-order valence-corrected chi connectivity index (χ0v) is 10.6. The fourth-order valence-electron chi connectivity index (χ4n) is 2.32. The number of benzene rings is 1. The molecule has 1 N–H and O–H groups in total. The van der Waals surface area contributed by atoms with E-state index in [-0.39, 0.29) is 5.82 Å². The topological polar surface area (TPSA) is 17.0 Å². The number of aromatic nitrogens is 1. The Kier molecular flexibility index (Phi) is 3.48. The lowest BCUT2D eigenvalue weighted by molar-refractivity contribution is 0.587. The normalized spacial score (nSPS) is 11.6. The van der Waals surface area contributed by atoms with Gasteiger partial charge in [-0.25, -0.2) is 4.39 Å². The molecule has 0 fully saturated rings. The summed E-state index contributed by atoms with van der Waals surface area (Å²) in [5, 5.41) is 3.86. The highest BCUT2D eigenvalue weighted by molar-refractivity contribution is 5.82. The summed E-state index contributed by atoms with van der Waals surface area (Å²) in [5.41, 5.74) is 2.18. The van der Waals surface area contributed by atoms with Crippen molar-refractivity contribution in [2.45, 2.75) is 26.3 Å². The molecule has 0 amide bonds. The molecule has 2 rings (SSSR count). The first kappa shape index (κ1) is 12.1. The van der Waals surface area contributed by atoms with Crippen LogP contribution in [0.15, 0.2) is 24.3 Å². The molecule has 0 saturated heterocycles. The predicted molar refractivity (Wildman–Crippen MR) is 69.9 cm³/mol. The summed E-state index contributed by atoms with van der Waals surface area (Å²) in [4.78, 5) is 0.